The van der Waals surface area contributed by atoms with Crippen LogP contribution in [0.15, 0.2) is 0 Å². The van der Waals surface area contributed by atoms with Crippen LogP contribution in [0.25, 0.3) is 0 Å². The Morgan fingerprint density at radius 2 is 0.622 bits per heavy atom. The van der Waals surface area contributed by atoms with Crippen molar-refractivity contribution < 1.29 is 6.37 Å². The molecular formula is C34H52CoP2. The topological polar surface area (TPSA) is 0 Å². The van der Waals surface area contributed by atoms with Gasteiger partial charge in [-0.15, -0.1) is 0 Å². The maximum atomic E-state index is 1.73. The predicted molar refractivity (Wildman–Crippen MR) is 157 cm³/mol. The molecule has 4 aliphatic carbocycles. The van der Waals surface area contributed by atoms with Crippen LogP contribution in [0.4, 0.5) is 0 Å². The molecule has 0 N–H and O–H groups in total. The second kappa shape index (κ2) is 3.41. The van der Waals surface area contributed by atoms with Gasteiger partial charge in [0.05, 0.1) is 0 Å². The second-order valence-corrected chi connectivity index (χ2v) is 47.8. The summed E-state index contributed by atoms with van der Waals surface area (Å²) in [7, 11) is 0.752. The van der Waals surface area contributed by atoms with Crippen molar-refractivity contribution in [3.8, 4) is 0 Å². The minimum absolute atomic E-state index is 0.376. The molecule has 14 rings (SSSR count). The normalized spacial score (nSPS) is 75.6. The molecule has 14 aliphatic rings. The Hall–Kier alpha value is 1.37. The molecule has 1 spiro atoms. The van der Waals surface area contributed by atoms with Gasteiger partial charge in [-0.2, -0.15) is 0 Å². The SMILES string of the molecule is C1CCC(P(C2CCCCC2)[C]23[CH]4[CH]5[CH]6[C]2(P(C2CCCCC2)C2CCCCC2)[Co]54632789[CH]3[CH]2[CH]7[CH]8[CH]39)CC1. The summed E-state index contributed by atoms with van der Waals surface area (Å²) in [5.41, 5.74) is 5.15. The maximum absolute atomic E-state index is 3.31. The standard InChI is InChI=1S/C29H47P2.C5H5.Co/c1-5-14-24(15-6-1)30(25-16-7-2-8-17-25)28-22-13-23-29(28)31(26-18-9-3-10-19-26)27-20-11-4-12-21-27;1-2-4-5-3-1;/h13,22-27H,1-12,14-21H2;1-5H;. The van der Waals surface area contributed by atoms with E-state index in [1.54, 1.807) is 167 Å². The molecule has 0 aromatic heterocycles. The van der Waals surface area contributed by atoms with Crippen LogP contribution in [0.2, 0.25) is 38.8 Å². The molecule has 10 aliphatic heterocycles. The Morgan fingerprint density at radius 1 is 0.351 bits per heavy atom. The van der Waals surface area contributed by atoms with Crippen molar-refractivity contribution in [2.75, 3.05) is 0 Å². The Bertz CT molecular complexity index is 1340. The van der Waals surface area contributed by atoms with E-state index in [2.05, 4.69) is 0 Å². The van der Waals surface area contributed by atoms with Crippen LogP contribution in [0, 0.1) is 0 Å². The van der Waals surface area contributed by atoms with E-state index in [4.69, 9.17) is 0 Å². The molecule has 10 saturated heterocycles. The fraction of sp³-hybridized carbons (Fsp3) is 1.00. The zero-order valence-corrected chi connectivity index (χ0v) is 26.1. The van der Waals surface area contributed by atoms with Gasteiger partial charge in [-0.25, -0.2) is 0 Å². The van der Waals surface area contributed by atoms with Crippen molar-refractivity contribution in [2.45, 2.75) is 198 Å². The summed E-state index contributed by atoms with van der Waals surface area (Å²) in [6.07, 6.45) is 30.1. The summed E-state index contributed by atoms with van der Waals surface area (Å²) in [6.45, 7) is 0. The summed E-state index contributed by atoms with van der Waals surface area (Å²) in [5.74, 6) is 0. The van der Waals surface area contributed by atoms with Crippen molar-refractivity contribution in [3.63, 3.8) is 0 Å². The molecule has 4 atom stereocenters. The zero-order chi connectivity index (χ0) is 23.5. The Morgan fingerprint density at radius 3 is 0.838 bits per heavy atom. The molecule has 14 fully saturated rings. The minimum atomic E-state index is -3.31. The molecule has 4 unspecified atom stereocenters. The van der Waals surface area contributed by atoms with Gasteiger partial charge in [-0.1, -0.05) is 0 Å². The molecule has 0 bridgehead atoms. The van der Waals surface area contributed by atoms with Crippen LogP contribution in [0.5, 0.6) is 0 Å². The zero-order valence-electron chi connectivity index (χ0n) is 23.3. The van der Waals surface area contributed by atoms with Gasteiger partial charge in [0.25, 0.3) is 0 Å². The second-order valence-electron chi connectivity index (χ2n) is 19.2. The number of fused-ring (bicyclic) bond motifs is 10. The molecule has 3 heteroatoms. The summed E-state index contributed by atoms with van der Waals surface area (Å²) in [4.78, 5) is 12.5. The van der Waals surface area contributed by atoms with Crippen LogP contribution in [-0.2, 0) is 6.37 Å². The summed E-state index contributed by atoms with van der Waals surface area (Å²) in [5, 5.41) is 0. The van der Waals surface area contributed by atoms with Crippen molar-refractivity contribution in [2.24, 2.45) is 0 Å². The van der Waals surface area contributed by atoms with Gasteiger partial charge < -0.3 is 0 Å². The van der Waals surface area contributed by atoms with Gasteiger partial charge in [0.1, 0.15) is 0 Å². The molecule has 207 valence electrons. The number of hydrogen-bond acceptors (Lipinski definition) is 0. The Balaban J connectivity index is 1.05. The molecule has 4 saturated carbocycles. The van der Waals surface area contributed by atoms with E-state index in [9.17, 15) is 0 Å². The third-order valence-corrected chi connectivity index (χ3v) is 78.8. The first-order valence-corrected chi connectivity index (χ1v) is 26.6. The molecule has 0 amide bonds. The average Bonchev–Trinajstić information content (AvgIpc) is 3.92. The number of hydrogen-bond donors (Lipinski definition) is 0. The first-order chi connectivity index (χ1) is 18.1. The summed E-state index contributed by atoms with van der Waals surface area (Å²) < 4.78 is 2.47. The van der Waals surface area contributed by atoms with Crippen LogP contribution in [0.3, 0.4) is 0 Å². The van der Waals surface area contributed by atoms with Crippen LogP contribution in [-0.4, -0.2) is 30.8 Å². The summed E-state index contributed by atoms with van der Waals surface area (Å²) >= 11 is 0. The van der Waals surface area contributed by atoms with E-state index in [0.717, 1.165) is 0 Å². The van der Waals surface area contributed by atoms with E-state index >= 15 is 0 Å². The van der Waals surface area contributed by atoms with Crippen LogP contribution in [0.1, 0.15) is 128 Å². The first kappa shape index (κ1) is 20.3. The van der Waals surface area contributed by atoms with Crippen LogP contribution < -0.4 is 0 Å². The van der Waals surface area contributed by atoms with E-state index < -0.39 is 6.37 Å². The molecule has 0 aromatic rings. The van der Waals surface area contributed by atoms with Gasteiger partial charge in [0.15, 0.2) is 0 Å². The monoisotopic (exact) mass is 581 g/mol. The van der Waals surface area contributed by atoms with Crippen molar-refractivity contribution in [1.29, 1.82) is 0 Å². The first-order valence-electron chi connectivity index (χ1n) is 17.8. The molecule has 37 heavy (non-hydrogen) atoms. The van der Waals surface area contributed by atoms with E-state index in [-0.39, 0.29) is 0 Å². The fourth-order valence-corrected chi connectivity index (χ4v) is 127. The number of rotatable bonds is 6. The van der Waals surface area contributed by atoms with E-state index in [1.165, 1.54) is 30.8 Å². The predicted octanol–water partition coefficient (Wildman–Crippen LogP) is 11.5. The Labute approximate surface area is 219 Å². The van der Waals surface area contributed by atoms with Crippen molar-refractivity contribution in [3.05, 3.63) is 0 Å². The summed E-state index contributed by atoms with van der Waals surface area (Å²) in [6, 6.07) is 0. The van der Waals surface area contributed by atoms with Crippen LogP contribution >= 0.6 is 15.8 Å². The van der Waals surface area contributed by atoms with Crippen molar-refractivity contribution >= 4 is 15.8 Å². The van der Waals surface area contributed by atoms with Crippen molar-refractivity contribution in [1.82, 2.24) is 0 Å². The van der Waals surface area contributed by atoms with Gasteiger partial charge in [0.2, 0.25) is 0 Å². The molecule has 10 heterocycles. The fourth-order valence-electron chi connectivity index (χ4n) is 23.8. The van der Waals surface area contributed by atoms with Gasteiger partial charge in [-0.05, 0) is 0 Å². The van der Waals surface area contributed by atoms with E-state index in [1.807, 2.05) is 0 Å². The third kappa shape index (κ3) is 0.562. The Kier molecular flexibility index (Phi) is 1.87. The molecular weight excluding hydrogens is 529 g/mol. The average molecular weight is 582 g/mol. The quantitative estimate of drug-likeness (QED) is 0.274. The van der Waals surface area contributed by atoms with E-state index in [0.29, 0.717) is 15.8 Å². The van der Waals surface area contributed by atoms with Gasteiger partial charge in [0, 0.05) is 0 Å². The van der Waals surface area contributed by atoms with Gasteiger partial charge >= 0.3 is 220 Å². The molecule has 0 nitrogen and oxygen atoms in total. The van der Waals surface area contributed by atoms with Gasteiger partial charge in [-0.3, -0.25) is 0 Å². The molecule has 0 radical (unpaired) electrons. The molecule has 0 aromatic carbocycles. The third-order valence-electron chi connectivity index (χ3n) is 22.6.